The fraction of sp³-hybridized carbons (Fsp3) is 0.286. The monoisotopic (exact) mass is 413 g/mol. The number of carbonyl (C=O) groups excluding carboxylic acids is 1. The number of hydrogen-bond donors (Lipinski definition) is 1. The van der Waals surface area contributed by atoms with Gasteiger partial charge < -0.3 is 14.2 Å². The summed E-state index contributed by atoms with van der Waals surface area (Å²) in [5, 5.41) is 12.2. The molecule has 3 rings (SSSR count). The van der Waals surface area contributed by atoms with Crippen LogP contribution in [-0.4, -0.2) is 35.9 Å². The van der Waals surface area contributed by atoms with Gasteiger partial charge in [0.2, 0.25) is 5.13 Å². The molecule has 0 aliphatic heterocycles. The van der Waals surface area contributed by atoms with Crippen LogP contribution in [0.15, 0.2) is 48.5 Å². The molecule has 1 N–H and O–H groups in total. The highest BCUT2D eigenvalue weighted by molar-refractivity contribution is 7.15. The number of anilines is 1. The third kappa shape index (κ3) is 6.18. The second-order valence-electron chi connectivity index (χ2n) is 5.93. The number of rotatable bonds is 10. The van der Waals surface area contributed by atoms with Crippen LogP contribution in [0.2, 0.25) is 0 Å². The zero-order chi connectivity index (χ0) is 20.5. The second-order valence-corrected chi connectivity index (χ2v) is 6.99. The minimum atomic E-state index is -0.296. The highest BCUT2D eigenvalue weighted by Crippen LogP contribution is 2.25. The third-order valence-electron chi connectivity index (χ3n) is 3.78. The normalized spacial score (nSPS) is 10.4. The smallest absolute Gasteiger partial charge is 0.257 e. The molecule has 0 spiro atoms. The number of nitrogens with one attached hydrogen (secondary N) is 1. The molecule has 1 heterocycles. The molecule has 1 amide bonds. The molecule has 0 unspecified atom stereocenters. The molecule has 8 heteroatoms. The lowest BCUT2D eigenvalue weighted by Gasteiger charge is -2.10. The second kappa shape index (κ2) is 10.4. The molecule has 0 saturated heterocycles. The molecule has 29 heavy (non-hydrogen) atoms. The van der Waals surface area contributed by atoms with Crippen molar-refractivity contribution in [2.24, 2.45) is 0 Å². The molecule has 0 radical (unpaired) electrons. The first-order valence-electron chi connectivity index (χ1n) is 9.40. The summed E-state index contributed by atoms with van der Waals surface area (Å²) in [6.45, 7) is 5.26. The SMILES string of the molecule is CCOc1cc(OCC)cc(C(=O)Nc2nnc(CCOc3ccccc3)s2)c1. The minimum absolute atomic E-state index is 0.296. The maximum atomic E-state index is 12.6. The Bertz CT molecular complexity index is 906. The Morgan fingerprint density at radius 3 is 2.28 bits per heavy atom. The summed E-state index contributed by atoms with van der Waals surface area (Å²) in [4.78, 5) is 12.6. The maximum absolute atomic E-state index is 12.6. The Hall–Kier alpha value is -3.13. The van der Waals surface area contributed by atoms with Crippen LogP contribution in [0.5, 0.6) is 17.2 Å². The van der Waals surface area contributed by atoms with Gasteiger partial charge in [-0.15, -0.1) is 10.2 Å². The van der Waals surface area contributed by atoms with Crippen LogP contribution in [0.1, 0.15) is 29.2 Å². The minimum Gasteiger partial charge on any atom is -0.494 e. The summed E-state index contributed by atoms with van der Waals surface area (Å²) in [5.74, 6) is 1.68. The first-order chi connectivity index (χ1) is 14.2. The van der Waals surface area contributed by atoms with Gasteiger partial charge in [-0.3, -0.25) is 10.1 Å². The van der Waals surface area contributed by atoms with Gasteiger partial charge in [0.15, 0.2) is 0 Å². The Kier molecular flexibility index (Phi) is 7.40. The molecule has 0 bridgehead atoms. The van der Waals surface area contributed by atoms with E-state index in [1.165, 1.54) is 11.3 Å². The molecule has 0 saturated carbocycles. The average Bonchev–Trinajstić information content (AvgIpc) is 3.16. The highest BCUT2D eigenvalue weighted by Gasteiger charge is 2.13. The number of para-hydroxylation sites is 1. The maximum Gasteiger partial charge on any atom is 0.257 e. The van der Waals surface area contributed by atoms with Crippen molar-refractivity contribution in [3.05, 3.63) is 59.1 Å². The fourth-order valence-corrected chi connectivity index (χ4v) is 3.27. The predicted octanol–water partition coefficient (Wildman–Crippen LogP) is 4.21. The van der Waals surface area contributed by atoms with Crippen LogP contribution in [0, 0.1) is 0 Å². The van der Waals surface area contributed by atoms with Crippen LogP contribution < -0.4 is 19.5 Å². The number of benzene rings is 2. The largest absolute Gasteiger partial charge is 0.494 e. The van der Waals surface area contributed by atoms with Crippen molar-refractivity contribution in [1.29, 1.82) is 0 Å². The number of ether oxygens (including phenoxy) is 3. The van der Waals surface area contributed by atoms with Gasteiger partial charge in [0, 0.05) is 18.1 Å². The molecule has 0 fully saturated rings. The number of aromatic nitrogens is 2. The van der Waals surface area contributed by atoms with Crippen molar-refractivity contribution < 1.29 is 19.0 Å². The van der Waals surface area contributed by atoms with Gasteiger partial charge in [-0.2, -0.15) is 0 Å². The Labute approximate surface area is 173 Å². The van der Waals surface area contributed by atoms with E-state index in [0.717, 1.165) is 10.8 Å². The van der Waals surface area contributed by atoms with Gasteiger partial charge in [0.1, 0.15) is 22.3 Å². The molecule has 1 aromatic heterocycles. The van der Waals surface area contributed by atoms with E-state index in [1.807, 2.05) is 44.2 Å². The van der Waals surface area contributed by atoms with Crippen molar-refractivity contribution in [3.63, 3.8) is 0 Å². The number of hydrogen-bond acceptors (Lipinski definition) is 7. The predicted molar refractivity (Wildman–Crippen MR) is 112 cm³/mol. The van der Waals surface area contributed by atoms with Crippen LogP contribution in [0.4, 0.5) is 5.13 Å². The summed E-state index contributed by atoms with van der Waals surface area (Å²) in [5.41, 5.74) is 0.434. The molecule has 0 aliphatic carbocycles. The van der Waals surface area contributed by atoms with E-state index >= 15 is 0 Å². The Balaban J connectivity index is 1.59. The third-order valence-corrected chi connectivity index (χ3v) is 4.68. The lowest BCUT2D eigenvalue weighted by Crippen LogP contribution is -2.12. The summed E-state index contributed by atoms with van der Waals surface area (Å²) in [7, 11) is 0. The van der Waals surface area contributed by atoms with Gasteiger partial charge >= 0.3 is 0 Å². The zero-order valence-corrected chi connectivity index (χ0v) is 17.2. The van der Waals surface area contributed by atoms with Gasteiger partial charge in [-0.1, -0.05) is 29.5 Å². The average molecular weight is 413 g/mol. The fourth-order valence-electron chi connectivity index (χ4n) is 2.55. The van der Waals surface area contributed by atoms with Crippen molar-refractivity contribution in [1.82, 2.24) is 10.2 Å². The molecule has 2 aromatic carbocycles. The number of amides is 1. The molecule has 7 nitrogen and oxygen atoms in total. The Morgan fingerprint density at radius 2 is 1.62 bits per heavy atom. The number of carbonyl (C=O) groups is 1. The molecule has 152 valence electrons. The molecule has 3 aromatic rings. The van der Waals surface area contributed by atoms with Crippen molar-refractivity contribution in [2.75, 3.05) is 25.1 Å². The lowest BCUT2D eigenvalue weighted by atomic mass is 10.2. The van der Waals surface area contributed by atoms with E-state index in [-0.39, 0.29) is 5.91 Å². The van der Waals surface area contributed by atoms with Gasteiger partial charge in [-0.05, 0) is 38.1 Å². The van der Waals surface area contributed by atoms with Crippen LogP contribution in [0.3, 0.4) is 0 Å². The van der Waals surface area contributed by atoms with E-state index in [9.17, 15) is 4.79 Å². The summed E-state index contributed by atoms with van der Waals surface area (Å²) < 4.78 is 16.7. The first kappa shape index (κ1) is 20.6. The molecular formula is C21H23N3O4S. The summed E-state index contributed by atoms with van der Waals surface area (Å²) in [6, 6.07) is 14.7. The van der Waals surface area contributed by atoms with Crippen LogP contribution in [-0.2, 0) is 6.42 Å². The van der Waals surface area contributed by atoms with E-state index in [2.05, 4.69) is 15.5 Å². The van der Waals surface area contributed by atoms with Crippen LogP contribution in [0.25, 0.3) is 0 Å². The van der Waals surface area contributed by atoms with Gasteiger partial charge in [0.25, 0.3) is 5.91 Å². The van der Waals surface area contributed by atoms with Crippen molar-refractivity contribution in [2.45, 2.75) is 20.3 Å². The van der Waals surface area contributed by atoms with E-state index in [1.54, 1.807) is 18.2 Å². The number of nitrogens with zero attached hydrogens (tertiary/aromatic N) is 2. The molecular weight excluding hydrogens is 390 g/mol. The Morgan fingerprint density at radius 1 is 0.931 bits per heavy atom. The summed E-state index contributed by atoms with van der Waals surface area (Å²) >= 11 is 1.32. The lowest BCUT2D eigenvalue weighted by molar-refractivity contribution is 0.102. The standard InChI is InChI=1S/C21H23N3O4S/c1-3-26-17-12-15(13-18(14-17)27-4-2)20(25)22-21-24-23-19(29-21)10-11-28-16-8-6-5-7-9-16/h5-9,12-14H,3-4,10-11H2,1-2H3,(H,22,24,25). The first-order valence-corrected chi connectivity index (χ1v) is 10.2. The van der Waals surface area contributed by atoms with E-state index in [4.69, 9.17) is 14.2 Å². The summed E-state index contributed by atoms with van der Waals surface area (Å²) in [6.07, 6.45) is 0.608. The van der Waals surface area contributed by atoms with Crippen molar-refractivity contribution >= 4 is 22.4 Å². The highest BCUT2D eigenvalue weighted by atomic mass is 32.1. The molecule has 0 atom stereocenters. The zero-order valence-electron chi connectivity index (χ0n) is 16.4. The van der Waals surface area contributed by atoms with Crippen molar-refractivity contribution in [3.8, 4) is 17.2 Å². The van der Waals surface area contributed by atoms with E-state index in [0.29, 0.717) is 48.4 Å². The quantitative estimate of drug-likeness (QED) is 0.536. The van der Waals surface area contributed by atoms with Crippen LogP contribution >= 0.6 is 11.3 Å². The van der Waals surface area contributed by atoms with Gasteiger partial charge in [-0.25, -0.2) is 0 Å². The van der Waals surface area contributed by atoms with E-state index < -0.39 is 0 Å². The molecule has 0 aliphatic rings. The van der Waals surface area contributed by atoms with Gasteiger partial charge in [0.05, 0.1) is 19.8 Å². The topological polar surface area (TPSA) is 82.6 Å².